The van der Waals surface area contributed by atoms with Gasteiger partial charge in [0, 0.05) is 25.8 Å². The van der Waals surface area contributed by atoms with Gasteiger partial charge in [0.2, 0.25) is 0 Å². The zero-order valence-corrected chi connectivity index (χ0v) is 12.8. The minimum absolute atomic E-state index is 0.104. The molecule has 1 amide bonds. The first-order valence-corrected chi connectivity index (χ1v) is 7.58. The third-order valence-corrected chi connectivity index (χ3v) is 4.49. The lowest BCUT2D eigenvalue weighted by atomic mass is 9.78. The quantitative estimate of drug-likeness (QED) is 0.918. The number of carbonyl (C=O) groups excluding carboxylic acids is 1. The van der Waals surface area contributed by atoms with Gasteiger partial charge in [0.05, 0.1) is 5.56 Å². The van der Waals surface area contributed by atoms with Crippen LogP contribution in [0.4, 0.5) is 5.82 Å². The van der Waals surface area contributed by atoms with E-state index in [2.05, 4.69) is 24.1 Å². The molecule has 1 fully saturated rings. The van der Waals surface area contributed by atoms with Gasteiger partial charge in [-0.1, -0.05) is 20.3 Å². The summed E-state index contributed by atoms with van der Waals surface area (Å²) in [5, 5.41) is 3.16. The molecule has 20 heavy (non-hydrogen) atoms. The van der Waals surface area contributed by atoms with Crippen molar-refractivity contribution in [3.05, 3.63) is 23.9 Å². The van der Waals surface area contributed by atoms with E-state index in [0.29, 0.717) is 16.8 Å². The summed E-state index contributed by atoms with van der Waals surface area (Å²) in [5.41, 5.74) is 1.09. The van der Waals surface area contributed by atoms with Gasteiger partial charge in [-0.15, -0.1) is 0 Å². The Labute approximate surface area is 121 Å². The van der Waals surface area contributed by atoms with Crippen LogP contribution in [0.15, 0.2) is 18.3 Å². The van der Waals surface area contributed by atoms with Crippen LogP contribution in [0, 0.1) is 5.41 Å². The van der Waals surface area contributed by atoms with Gasteiger partial charge in [0.25, 0.3) is 5.91 Å². The SMILES string of the molecule is CCNc1ncccc1C(=O)N1CCC(C)(CC)CC1. The van der Waals surface area contributed by atoms with Gasteiger partial charge in [-0.2, -0.15) is 0 Å². The molecular weight excluding hydrogens is 250 g/mol. The molecule has 1 aliphatic heterocycles. The Kier molecular flexibility index (Phi) is 4.63. The smallest absolute Gasteiger partial charge is 0.257 e. The number of likely N-dealkylation sites (tertiary alicyclic amines) is 1. The molecule has 0 aromatic carbocycles. The molecule has 0 radical (unpaired) electrons. The average molecular weight is 275 g/mol. The minimum Gasteiger partial charge on any atom is -0.370 e. The van der Waals surface area contributed by atoms with E-state index in [9.17, 15) is 4.79 Å². The van der Waals surface area contributed by atoms with Crippen molar-refractivity contribution >= 4 is 11.7 Å². The molecule has 1 aliphatic rings. The van der Waals surface area contributed by atoms with E-state index >= 15 is 0 Å². The van der Waals surface area contributed by atoms with Crippen molar-refractivity contribution in [2.24, 2.45) is 5.41 Å². The van der Waals surface area contributed by atoms with E-state index in [1.807, 2.05) is 24.0 Å². The van der Waals surface area contributed by atoms with Crippen molar-refractivity contribution in [2.75, 3.05) is 25.0 Å². The number of carbonyl (C=O) groups is 1. The second-order valence-corrected chi connectivity index (χ2v) is 5.89. The largest absolute Gasteiger partial charge is 0.370 e. The Morgan fingerprint density at radius 2 is 2.10 bits per heavy atom. The molecule has 1 aromatic rings. The van der Waals surface area contributed by atoms with Gasteiger partial charge in [0.15, 0.2) is 0 Å². The van der Waals surface area contributed by atoms with Crippen LogP contribution < -0.4 is 5.32 Å². The summed E-state index contributed by atoms with van der Waals surface area (Å²) in [5.74, 6) is 0.802. The van der Waals surface area contributed by atoms with Crippen LogP contribution in [0.3, 0.4) is 0 Å². The summed E-state index contributed by atoms with van der Waals surface area (Å²) in [7, 11) is 0. The molecule has 0 unspecified atom stereocenters. The van der Waals surface area contributed by atoms with E-state index in [1.54, 1.807) is 6.20 Å². The fraction of sp³-hybridized carbons (Fsp3) is 0.625. The van der Waals surface area contributed by atoms with Crippen LogP contribution in [0.25, 0.3) is 0 Å². The van der Waals surface area contributed by atoms with E-state index in [0.717, 1.165) is 32.5 Å². The number of aromatic nitrogens is 1. The fourth-order valence-electron chi connectivity index (χ4n) is 2.66. The predicted molar refractivity (Wildman–Crippen MR) is 81.9 cm³/mol. The van der Waals surface area contributed by atoms with Crippen LogP contribution in [0.2, 0.25) is 0 Å². The second-order valence-electron chi connectivity index (χ2n) is 5.89. The highest BCUT2D eigenvalue weighted by atomic mass is 16.2. The van der Waals surface area contributed by atoms with Crippen LogP contribution in [0.5, 0.6) is 0 Å². The maximum Gasteiger partial charge on any atom is 0.257 e. The van der Waals surface area contributed by atoms with Crippen LogP contribution >= 0.6 is 0 Å². The fourth-order valence-corrected chi connectivity index (χ4v) is 2.66. The normalized spacial score (nSPS) is 17.9. The first-order chi connectivity index (χ1) is 9.59. The van der Waals surface area contributed by atoms with Crippen molar-refractivity contribution in [1.29, 1.82) is 0 Å². The molecule has 4 nitrogen and oxygen atoms in total. The van der Waals surface area contributed by atoms with Crippen molar-refractivity contribution in [3.8, 4) is 0 Å². The van der Waals surface area contributed by atoms with Crippen LogP contribution in [0.1, 0.15) is 50.4 Å². The number of hydrogen-bond donors (Lipinski definition) is 1. The third kappa shape index (κ3) is 3.11. The molecule has 0 aliphatic carbocycles. The lowest BCUT2D eigenvalue weighted by Gasteiger charge is -2.39. The van der Waals surface area contributed by atoms with Gasteiger partial charge in [0.1, 0.15) is 5.82 Å². The Balaban J connectivity index is 2.09. The van der Waals surface area contributed by atoms with Crippen molar-refractivity contribution in [2.45, 2.75) is 40.0 Å². The molecule has 110 valence electrons. The number of pyridine rings is 1. The summed E-state index contributed by atoms with van der Waals surface area (Å²) in [6.07, 6.45) is 5.09. The first kappa shape index (κ1) is 14.8. The summed E-state index contributed by atoms with van der Waals surface area (Å²) in [6, 6.07) is 3.69. The van der Waals surface area contributed by atoms with Crippen LogP contribution in [-0.2, 0) is 0 Å². The van der Waals surface area contributed by atoms with E-state index in [1.165, 1.54) is 6.42 Å². The Hall–Kier alpha value is -1.58. The molecule has 1 N–H and O–H groups in total. The summed E-state index contributed by atoms with van der Waals surface area (Å²) in [4.78, 5) is 18.9. The molecule has 2 heterocycles. The lowest BCUT2D eigenvalue weighted by Crippen LogP contribution is -2.42. The maximum atomic E-state index is 12.6. The highest BCUT2D eigenvalue weighted by Gasteiger charge is 2.31. The second kappa shape index (κ2) is 6.25. The predicted octanol–water partition coefficient (Wildman–Crippen LogP) is 3.17. The third-order valence-electron chi connectivity index (χ3n) is 4.49. The number of nitrogens with one attached hydrogen (secondary N) is 1. The lowest BCUT2D eigenvalue weighted by molar-refractivity contribution is 0.0601. The Bertz CT molecular complexity index is 465. The molecule has 1 saturated heterocycles. The topological polar surface area (TPSA) is 45.2 Å². The van der Waals surface area contributed by atoms with Gasteiger partial charge in [-0.3, -0.25) is 4.79 Å². The zero-order valence-electron chi connectivity index (χ0n) is 12.8. The molecule has 2 rings (SSSR count). The molecule has 1 aromatic heterocycles. The average Bonchev–Trinajstić information content (AvgIpc) is 2.48. The van der Waals surface area contributed by atoms with Gasteiger partial charge in [-0.25, -0.2) is 4.98 Å². The number of amides is 1. The Morgan fingerprint density at radius 1 is 1.40 bits per heavy atom. The van der Waals surface area contributed by atoms with E-state index < -0.39 is 0 Å². The van der Waals surface area contributed by atoms with Crippen molar-refractivity contribution in [3.63, 3.8) is 0 Å². The highest BCUT2D eigenvalue weighted by Crippen LogP contribution is 2.34. The summed E-state index contributed by atoms with van der Waals surface area (Å²) < 4.78 is 0. The molecule has 0 spiro atoms. The Morgan fingerprint density at radius 3 is 2.70 bits per heavy atom. The first-order valence-electron chi connectivity index (χ1n) is 7.58. The van der Waals surface area contributed by atoms with E-state index in [-0.39, 0.29) is 5.91 Å². The summed E-state index contributed by atoms with van der Waals surface area (Å²) in [6.45, 7) is 9.04. The van der Waals surface area contributed by atoms with E-state index in [4.69, 9.17) is 0 Å². The minimum atomic E-state index is 0.104. The monoisotopic (exact) mass is 275 g/mol. The zero-order chi connectivity index (χ0) is 14.6. The number of piperidine rings is 1. The number of hydrogen-bond acceptors (Lipinski definition) is 3. The molecule has 0 bridgehead atoms. The van der Waals surface area contributed by atoms with Gasteiger partial charge < -0.3 is 10.2 Å². The van der Waals surface area contributed by atoms with Gasteiger partial charge >= 0.3 is 0 Å². The molecular formula is C16H25N3O. The van der Waals surface area contributed by atoms with Crippen LogP contribution in [-0.4, -0.2) is 35.4 Å². The van der Waals surface area contributed by atoms with Crippen molar-refractivity contribution < 1.29 is 4.79 Å². The molecule has 4 heteroatoms. The van der Waals surface area contributed by atoms with Crippen molar-refractivity contribution in [1.82, 2.24) is 9.88 Å². The molecule has 0 atom stereocenters. The standard InChI is InChI=1S/C16H25N3O/c1-4-16(3)8-11-19(12-9-16)15(20)13-7-6-10-18-14(13)17-5-2/h6-7,10H,4-5,8-9,11-12H2,1-3H3,(H,17,18). The van der Waals surface area contributed by atoms with Gasteiger partial charge in [-0.05, 0) is 37.3 Å². The maximum absolute atomic E-state index is 12.6. The number of anilines is 1. The summed E-state index contributed by atoms with van der Waals surface area (Å²) >= 11 is 0. The highest BCUT2D eigenvalue weighted by molar-refractivity contribution is 5.98. The number of rotatable bonds is 4. The number of nitrogens with zero attached hydrogens (tertiary/aromatic N) is 2. The molecule has 0 saturated carbocycles.